The predicted octanol–water partition coefficient (Wildman–Crippen LogP) is 11.4. The van der Waals surface area contributed by atoms with E-state index in [0.717, 1.165) is 0 Å². The van der Waals surface area contributed by atoms with Crippen molar-refractivity contribution in [3.05, 3.63) is 265 Å². The van der Waals surface area contributed by atoms with Gasteiger partial charge in [-0.15, -0.1) is 0 Å². The Morgan fingerprint density at radius 1 is 0.308 bits per heavy atom. The molecule has 0 atom stereocenters. The maximum Gasteiger partial charge on any atom is 0.248 e. The third-order valence-electron chi connectivity index (χ3n) is 18.3. The number of hydrogen-bond acceptors (Lipinski definition) is 2. The summed E-state index contributed by atoms with van der Waals surface area (Å²) in [6.45, 7) is 7.00. The van der Waals surface area contributed by atoms with Crippen LogP contribution in [0.2, 0.25) is 0 Å². The fraction of sp³-hybridized carbons (Fsp3) is 0.0411. The van der Waals surface area contributed by atoms with E-state index in [1.807, 2.05) is 0 Å². The largest absolute Gasteiger partial charge is 0.311 e. The molecule has 0 aromatic heterocycles. The van der Waals surface area contributed by atoms with Crippen LogP contribution < -0.4 is 63.3 Å². The van der Waals surface area contributed by atoms with Crippen molar-refractivity contribution in [1.82, 2.24) is 0 Å². The normalized spacial score (nSPS) is 13.5. The van der Waals surface area contributed by atoms with E-state index in [2.05, 4.69) is 279 Å². The van der Waals surface area contributed by atoms with Crippen molar-refractivity contribution < 1.29 is 0 Å². The van der Waals surface area contributed by atoms with Crippen molar-refractivity contribution in [2.75, 3.05) is 9.80 Å². The highest BCUT2D eigenvalue weighted by Gasteiger charge is 2.49. The minimum absolute atomic E-state index is 0.00477. The lowest BCUT2D eigenvalue weighted by molar-refractivity contribution is 1.28. The minimum Gasteiger partial charge on any atom is -0.311 e. The first kappa shape index (κ1) is 44.0. The molecule has 0 fully saturated rings. The van der Waals surface area contributed by atoms with E-state index >= 15 is 0 Å². The van der Waals surface area contributed by atoms with Crippen LogP contribution in [-0.2, 0) is 0 Å². The highest BCUT2D eigenvalue weighted by molar-refractivity contribution is 7.21. The zero-order chi connectivity index (χ0) is 51.5. The van der Waals surface area contributed by atoms with Crippen LogP contribution in [-0.4, -0.2) is 21.5 Å². The van der Waals surface area contributed by atoms with Crippen LogP contribution in [0.25, 0.3) is 54.6 Å². The van der Waals surface area contributed by atoms with Crippen LogP contribution in [0.1, 0.15) is 16.7 Å². The minimum atomic E-state index is -3.22. The number of rotatable bonds is 6. The molecule has 4 aliphatic rings. The summed E-state index contributed by atoms with van der Waals surface area (Å²) in [6.07, 6.45) is 0. The van der Waals surface area contributed by atoms with Crippen molar-refractivity contribution in [2.24, 2.45) is 0 Å². The molecule has 4 aliphatic heterocycles. The first-order valence-electron chi connectivity index (χ1n) is 27.7. The molecule has 4 heterocycles. The molecule has 0 aliphatic carbocycles. The van der Waals surface area contributed by atoms with Gasteiger partial charge in [0.25, 0.3) is 0 Å². The lowest BCUT2D eigenvalue weighted by Crippen LogP contribution is -2.75. The molecule has 0 radical (unpaired) electrons. The average molecular weight is 1000 g/mol. The SMILES string of the molecule is Cc1cc2c3c(c1)N(c1ccccc1)c1ccccc1B3c1cc3c([Si](c4ccccc4)(c4ccccc4)c4ccccc4)cc4c5c(cc6c(C)cc-2c1c6c35)B1c2ccccc2N(c2ccccc2)c2cc(C)cc-4c21. The number of para-hydroxylation sites is 4. The van der Waals surface area contributed by atoms with Crippen molar-refractivity contribution in [3.8, 4) is 22.3 Å². The Hall–Kier alpha value is -9.15. The van der Waals surface area contributed by atoms with Crippen LogP contribution in [0, 0.1) is 20.8 Å². The lowest BCUT2D eigenvalue weighted by atomic mass is 9.31. The number of anilines is 6. The number of nitrogens with zero attached hydrogens (tertiary/aromatic N) is 2. The molecule has 13 aromatic carbocycles. The van der Waals surface area contributed by atoms with E-state index < -0.39 is 8.07 Å². The van der Waals surface area contributed by atoms with Crippen LogP contribution in [0.4, 0.5) is 34.1 Å². The van der Waals surface area contributed by atoms with E-state index in [4.69, 9.17) is 0 Å². The average Bonchev–Trinajstić information content (AvgIpc) is 3.66. The number of aryl methyl sites for hydroxylation is 3. The quantitative estimate of drug-likeness (QED) is 0.0930. The van der Waals surface area contributed by atoms with Crippen molar-refractivity contribution in [3.63, 3.8) is 0 Å². The molecule has 0 N–H and O–H groups in total. The Balaban J connectivity index is 1.11. The van der Waals surface area contributed by atoms with Gasteiger partial charge in [-0.3, -0.25) is 0 Å². The summed E-state index contributed by atoms with van der Waals surface area (Å²) in [5, 5.41) is 13.9. The van der Waals surface area contributed by atoms with Gasteiger partial charge in [0.05, 0.1) is 0 Å². The molecule has 17 rings (SSSR count). The van der Waals surface area contributed by atoms with E-state index in [1.54, 1.807) is 0 Å². The van der Waals surface area contributed by atoms with Gasteiger partial charge in [0, 0.05) is 34.1 Å². The van der Waals surface area contributed by atoms with Gasteiger partial charge in [0.1, 0.15) is 0 Å². The molecule has 0 unspecified atom stereocenters. The predicted molar refractivity (Wildman–Crippen MR) is 338 cm³/mol. The maximum absolute atomic E-state index is 3.22. The molecule has 0 saturated carbocycles. The topological polar surface area (TPSA) is 6.48 Å². The van der Waals surface area contributed by atoms with Gasteiger partial charge >= 0.3 is 0 Å². The Morgan fingerprint density at radius 2 is 0.692 bits per heavy atom. The molecule has 5 heteroatoms. The van der Waals surface area contributed by atoms with E-state index in [0.29, 0.717) is 0 Å². The fourth-order valence-corrected chi connectivity index (χ4v) is 20.4. The van der Waals surface area contributed by atoms with Gasteiger partial charge in [-0.25, -0.2) is 0 Å². The van der Waals surface area contributed by atoms with Crippen LogP contribution in [0.5, 0.6) is 0 Å². The smallest absolute Gasteiger partial charge is 0.248 e. The second kappa shape index (κ2) is 16.2. The summed E-state index contributed by atoms with van der Waals surface area (Å²) >= 11 is 0. The zero-order valence-corrected chi connectivity index (χ0v) is 44.7. The summed E-state index contributed by atoms with van der Waals surface area (Å²) in [6, 6.07) is 96.1. The van der Waals surface area contributed by atoms with Crippen LogP contribution >= 0.6 is 0 Å². The van der Waals surface area contributed by atoms with Crippen molar-refractivity contribution in [2.45, 2.75) is 20.8 Å². The van der Waals surface area contributed by atoms with Gasteiger partial charge in [0.15, 0.2) is 8.07 Å². The lowest BCUT2D eigenvalue weighted by Gasteiger charge is -2.43. The highest BCUT2D eigenvalue weighted by Crippen LogP contribution is 2.49. The van der Waals surface area contributed by atoms with Gasteiger partial charge in [-0.05, 0) is 183 Å². The fourth-order valence-electron chi connectivity index (χ4n) is 15.4. The van der Waals surface area contributed by atoms with E-state index in [1.165, 1.54) is 159 Å². The summed E-state index contributed by atoms with van der Waals surface area (Å²) in [5.74, 6) is 0. The molecule has 13 aromatic rings. The second-order valence-electron chi connectivity index (χ2n) is 22.4. The standard InChI is InChI=1S/C73H50B2N2Si/c1-45-37-56-54-41-47(3)53-42-61-69-55(57-38-46(2)40-66-73(57)74(61)59-33-19-21-35-63(59)77(66)49-25-11-5-12-26-49)44-67(78(50-27-13-6-14-28-50,51-29-15-7-16-30-51)52-31-17-8-18-32-52)58-43-62(68(54)70(53)71(58)69)75-60-34-20-22-36-64(60)76(65(39-45)72(56)75)48-23-9-4-10-24-48/h4-44H,1-3H3. The van der Waals surface area contributed by atoms with Crippen molar-refractivity contribution >= 4 is 141 Å². The van der Waals surface area contributed by atoms with Gasteiger partial charge < -0.3 is 9.80 Å². The highest BCUT2D eigenvalue weighted by atomic mass is 28.3. The first-order chi connectivity index (χ1) is 38.5. The third-order valence-corrected chi connectivity index (χ3v) is 23.1. The van der Waals surface area contributed by atoms with Crippen LogP contribution in [0.15, 0.2) is 249 Å². The molecule has 0 bridgehead atoms. The maximum atomic E-state index is 2.74. The Morgan fingerprint density at radius 3 is 1.15 bits per heavy atom. The van der Waals surface area contributed by atoms with Gasteiger partial charge in [0.2, 0.25) is 13.4 Å². The summed E-state index contributed by atoms with van der Waals surface area (Å²) in [4.78, 5) is 5.08. The molecule has 0 spiro atoms. The Bertz CT molecular complexity index is 4560. The summed E-state index contributed by atoms with van der Waals surface area (Å²) < 4.78 is 0. The summed E-state index contributed by atoms with van der Waals surface area (Å²) in [7, 11) is -3.22. The first-order valence-corrected chi connectivity index (χ1v) is 29.7. The molecule has 2 nitrogen and oxygen atoms in total. The monoisotopic (exact) mass is 1000 g/mol. The Kier molecular flexibility index (Phi) is 9.14. The summed E-state index contributed by atoms with van der Waals surface area (Å²) in [5.41, 5.74) is 24.9. The Labute approximate surface area is 457 Å². The molecule has 0 saturated heterocycles. The van der Waals surface area contributed by atoms with Gasteiger partial charge in [-0.2, -0.15) is 0 Å². The van der Waals surface area contributed by atoms with Gasteiger partial charge in [-0.1, -0.05) is 211 Å². The number of fused-ring (bicyclic) bond motifs is 8. The molecule has 78 heavy (non-hydrogen) atoms. The molecule has 362 valence electrons. The third kappa shape index (κ3) is 5.73. The molecular weight excluding hydrogens is 955 g/mol. The van der Waals surface area contributed by atoms with Crippen molar-refractivity contribution in [1.29, 1.82) is 0 Å². The van der Waals surface area contributed by atoms with E-state index in [9.17, 15) is 0 Å². The molecule has 0 amide bonds. The zero-order valence-electron chi connectivity index (χ0n) is 43.7. The number of hydrogen-bond donors (Lipinski definition) is 0. The van der Waals surface area contributed by atoms with Crippen LogP contribution in [0.3, 0.4) is 0 Å². The van der Waals surface area contributed by atoms with E-state index in [-0.39, 0.29) is 13.4 Å². The second-order valence-corrected chi connectivity index (χ2v) is 26.2. The molecular formula is C73H50B2N2Si. The number of benzene rings is 13.